The van der Waals surface area contributed by atoms with Crippen LogP contribution < -0.4 is 10.9 Å². The monoisotopic (exact) mass is 235 g/mol. The average molecular weight is 235 g/mol. The van der Waals surface area contributed by atoms with Crippen LogP contribution in [0.15, 0.2) is 30.3 Å². The van der Waals surface area contributed by atoms with Gasteiger partial charge in [-0.15, -0.1) is 0 Å². The lowest BCUT2D eigenvalue weighted by Crippen LogP contribution is -2.48. The van der Waals surface area contributed by atoms with E-state index in [2.05, 4.69) is 54.1 Å². The zero-order valence-corrected chi connectivity index (χ0v) is 11.1. The van der Waals surface area contributed by atoms with Crippen molar-refractivity contribution in [1.29, 1.82) is 0 Å². The predicted octanol–water partition coefficient (Wildman–Crippen LogP) is 2.71. The minimum atomic E-state index is 0.875. The molecule has 3 heteroatoms. The Kier molecular flexibility index (Phi) is 7.63. The maximum absolute atomic E-state index is 3.42. The molecule has 3 nitrogen and oxygen atoms in total. The minimum absolute atomic E-state index is 0.875. The number of rotatable bonds is 9. The third-order valence-corrected chi connectivity index (χ3v) is 2.60. The molecule has 96 valence electrons. The van der Waals surface area contributed by atoms with E-state index in [9.17, 15) is 0 Å². The van der Waals surface area contributed by atoms with E-state index in [1.165, 1.54) is 18.4 Å². The second-order valence-corrected chi connectivity index (χ2v) is 4.23. The van der Waals surface area contributed by atoms with Crippen molar-refractivity contribution in [3.8, 4) is 0 Å². The zero-order valence-electron chi connectivity index (χ0n) is 11.1. The molecule has 0 saturated heterocycles. The maximum atomic E-state index is 3.42. The normalized spacial score (nSPS) is 11.0. The number of hydrogen-bond acceptors (Lipinski definition) is 3. The molecule has 0 amide bonds. The summed E-state index contributed by atoms with van der Waals surface area (Å²) in [5.41, 5.74) is 8.14. The first-order valence-corrected chi connectivity index (χ1v) is 6.65. The van der Waals surface area contributed by atoms with E-state index >= 15 is 0 Å². The highest BCUT2D eigenvalue weighted by Crippen LogP contribution is 1.97. The van der Waals surface area contributed by atoms with E-state index in [1.54, 1.807) is 0 Å². The van der Waals surface area contributed by atoms with Crippen LogP contribution in [0.3, 0.4) is 0 Å². The summed E-state index contributed by atoms with van der Waals surface area (Å²) >= 11 is 0. The fourth-order valence-electron chi connectivity index (χ4n) is 1.61. The molecule has 0 bridgehead atoms. The number of nitrogens with zero attached hydrogens (tertiary/aromatic N) is 1. The van der Waals surface area contributed by atoms with Crippen molar-refractivity contribution in [3.63, 3.8) is 0 Å². The van der Waals surface area contributed by atoms with Gasteiger partial charge in [0, 0.05) is 19.6 Å². The van der Waals surface area contributed by atoms with Gasteiger partial charge < -0.3 is 0 Å². The van der Waals surface area contributed by atoms with Crippen LogP contribution in [-0.4, -0.2) is 18.2 Å². The van der Waals surface area contributed by atoms with E-state index in [0.29, 0.717) is 0 Å². The Balaban J connectivity index is 2.28. The SMILES string of the molecule is CCCCNN(CCC)NCc1ccccc1. The molecule has 1 aromatic carbocycles. The summed E-state index contributed by atoms with van der Waals surface area (Å²) in [6, 6.07) is 10.5. The second kappa shape index (κ2) is 9.16. The van der Waals surface area contributed by atoms with Gasteiger partial charge in [0.1, 0.15) is 0 Å². The van der Waals surface area contributed by atoms with Gasteiger partial charge >= 0.3 is 0 Å². The Morgan fingerprint density at radius 1 is 1.00 bits per heavy atom. The van der Waals surface area contributed by atoms with Gasteiger partial charge in [-0.25, -0.2) is 10.9 Å². The Labute approximate surface area is 105 Å². The lowest BCUT2D eigenvalue weighted by Gasteiger charge is -2.23. The second-order valence-electron chi connectivity index (χ2n) is 4.23. The fraction of sp³-hybridized carbons (Fsp3) is 0.571. The lowest BCUT2D eigenvalue weighted by atomic mass is 10.2. The highest BCUT2D eigenvalue weighted by atomic mass is 15.7. The van der Waals surface area contributed by atoms with Gasteiger partial charge in [0.05, 0.1) is 0 Å². The van der Waals surface area contributed by atoms with Gasteiger partial charge in [-0.1, -0.05) is 50.6 Å². The molecule has 0 radical (unpaired) electrons. The molecular weight excluding hydrogens is 210 g/mol. The summed E-state index contributed by atoms with van der Waals surface area (Å²) in [4.78, 5) is 0. The Hall–Kier alpha value is -0.900. The first-order valence-electron chi connectivity index (χ1n) is 6.65. The van der Waals surface area contributed by atoms with Crippen molar-refractivity contribution in [2.75, 3.05) is 13.1 Å². The van der Waals surface area contributed by atoms with Crippen LogP contribution in [0.25, 0.3) is 0 Å². The van der Waals surface area contributed by atoms with E-state index in [-0.39, 0.29) is 0 Å². The van der Waals surface area contributed by atoms with E-state index in [4.69, 9.17) is 0 Å². The van der Waals surface area contributed by atoms with Crippen LogP contribution >= 0.6 is 0 Å². The van der Waals surface area contributed by atoms with Crippen molar-refractivity contribution in [2.24, 2.45) is 0 Å². The molecule has 0 aliphatic carbocycles. The largest absolute Gasteiger partial charge is 0.242 e. The molecule has 0 unspecified atom stereocenters. The summed E-state index contributed by atoms with van der Waals surface area (Å²) < 4.78 is 0. The van der Waals surface area contributed by atoms with Gasteiger partial charge in [0.15, 0.2) is 0 Å². The molecule has 17 heavy (non-hydrogen) atoms. The van der Waals surface area contributed by atoms with Crippen molar-refractivity contribution < 1.29 is 0 Å². The van der Waals surface area contributed by atoms with Crippen LogP contribution in [0, 0.1) is 0 Å². The Bertz CT molecular complexity index is 274. The smallest absolute Gasteiger partial charge is 0.0366 e. The fourth-order valence-corrected chi connectivity index (χ4v) is 1.61. The summed E-state index contributed by atoms with van der Waals surface area (Å²) in [5.74, 6) is 0. The van der Waals surface area contributed by atoms with Gasteiger partial charge in [-0.3, -0.25) is 0 Å². The van der Waals surface area contributed by atoms with E-state index < -0.39 is 0 Å². The van der Waals surface area contributed by atoms with E-state index in [0.717, 1.165) is 26.1 Å². The Morgan fingerprint density at radius 3 is 2.41 bits per heavy atom. The predicted molar refractivity (Wildman–Crippen MR) is 73.2 cm³/mol. The standard InChI is InChI=1S/C14H25N3/c1-3-5-11-15-17(12-4-2)16-13-14-9-7-6-8-10-14/h6-10,15-16H,3-5,11-13H2,1-2H3. The first kappa shape index (κ1) is 14.2. The van der Waals surface area contributed by atoms with Gasteiger partial charge in [-0.2, -0.15) is 5.12 Å². The molecular formula is C14H25N3. The van der Waals surface area contributed by atoms with Crippen LogP contribution in [0.2, 0.25) is 0 Å². The van der Waals surface area contributed by atoms with Crippen LogP contribution in [0.5, 0.6) is 0 Å². The number of nitrogens with one attached hydrogen (secondary N) is 2. The highest BCUT2D eigenvalue weighted by Gasteiger charge is 2.01. The van der Waals surface area contributed by atoms with Crippen molar-refractivity contribution >= 4 is 0 Å². The molecule has 1 rings (SSSR count). The molecule has 0 atom stereocenters. The average Bonchev–Trinajstić information content (AvgIpc) is 2.37. The van der Waals surface area contributed by atoms with Crippen molar-refractivity contribution in [1.82, 2.24) is 16.0 Å². The van der Waals surface area contributed by atoms with Crippen LogP contribution in [-0.2, 0) is 6.54 Å². The summed E-state index contributed by atoms with van der Waals surface area (Å²) in [6.45, 7) is 7.34. The topological polar surface area (TPSA) is 27.3 Å². The van der Waals surface area contributed by atoms with Gasteiger partial charge in [0.2, 0.25) is 0 Å². The van der Waals surface area contributed by atoms with E-state index in [1.807, 2.05) is 6.07 Å². The number of hydrazine groups is 2. The van der Waals surface area contributed by atoms with Crippen LogP contribution in [0.4, 0.5) is 0 Å². The molecule has 0 fully saturated rings. The van der Waals surface area contributed by atoms with Gasteiger partial charge in [-0.05, 0) is 18.4 Å². The number of hydrogen-bond donors (Lipinski definition) is 2. The molecule has 0 saturated carbocycles. The minimum Gasteiger partial charge on any atom is -0.242 e. The summed E-state index contributed by atoms with van der Waals surface area (Å²) in [5, 5.41) is 2.11. The third kappa shape index (κ3) is 6.41. The lowest BCUT2D eigenvalue weighted by molar-refractivity contribution is 0.109. The molecule has 2 N–H and O–H groups in total. The third-order valence-electron chi connectivity index (χ3n) is 2.60. The molecule has 0 spiro atoms. The molecule has 0 aliphatic heterocycles. The molecule has 0 aromatic heterocycles. The Morgan fingerprint density at radius 2 is 1.76 bits per heavy atom. The summed E-state index contributed by atoms with van der Waals surface area (Å²) in [7, 11) is 0. The highest BCUT2D eigenvalue weighted by molar-refractivity contribution is 5.13. The van der Waals surface area contributed by atoms with Gasteiger partial charge in [0.25, 0.3) is 0 Å². The molecule has 0 heterocycles. The number of benzene rings is 1. The van der Waals surface area contributed by atoms with Crippen LogP contribution in [0.1, 0.15) is 38.7 Å². The summed E-state index contributed by atoms with van der Waals surface area (Å²) in [6.07, 6.45) is 3.58. The maximum Gasteiger partial charge on any atom is 0.0366 e. The quantitative estimate of drug-likeness (QED) is 0.509. The number of unbranched alkanes of at least 4 members (excludes halogenated alkanes) is 1. The molecule has 0 aliphatic rings. The zero-order chi connectivity index (χ0) is 12.3. The van der Waals surface area contributed by atoms with Crippen molar-refractivity contribution in [3.05, 3.63) is 35.9 Å². The van der Waals surface area contributed by atoms with Crippen molar-refractivity contribution in [2.45, 2.75) is 39.7 Å². The molecule has 1 aromatic rings. The first-order chi connectivity index (χ1) is 8.36.